The summed E-state index contributed by atoms with van der Waals surface area (Å²) in [5.74, 6) is 1.02. The molecule has 0 saturated heterocycles. The van der Waals surface area contributed by atoms with Crippen molar-refractivity contribution < 1.29 is 9.90 Å². The van der Waals surface area contributed by atoms with E-state index in [-0.39, 0.29) is 0 Å². The van der Waals surface area contributed by atoms with Gasteiger partial charge in [-0.1, -0.05) is 13.8 Å². The number of anilines is 1. The van der Waals surface area contributed by atoms with Gasteiger partial charge in [-0.05, 0) is 49.7 Å². The van der Waals surface area contributed by atoms with Crippen LogP contribution in [0.15, 0.2) is 12.3 Å². The zero-order chi connectivity index (χ0) is 14.0. The van der Waals surface area contributed by atoms with Gasteiger partial charge in [0.1, 0.15) is 11.4 Å². The number of carboxylic acids is 1. The molecule has 0 bridgehead atoms. The number of aryl methyl sites for hydroxylation is 1. The highest BCUT2D eigenvalue weighted by Crippen LogP contribution is 2.31. The lowest BCUT2D eigenvalue weighted by Crippen LogP contribution is -2.31. The van der Waals surface area contributed by atoms with E-state index < -0.39 is 5.97 Å². The van der Waals surface area contributed by atoms with Crippen LogP contribution in [-0.2, 0) is 0 Å². The number of carboxylic acid groups (broad SMARTS) is 1. The van der Waals surface area contributed by atoms with Gasteiger partial charge in [-0.15, -0.1) is 0 Å². The maximum absolute atomic E-state index is 11.3. The zero-order valence-corrected chi connectivity index (χ0v) is 11.8. The number of hydrogen-bond donors (Lipinski definition) is 2. The summed E-state index contributed by atoms with van der Waals surface area (Å²) in [5, 5.41) is 12.6. The lowest BCUT2D eigenvalue weighted by Gasteiger charge is -2.33. The average molecular weight is 262 g/mol. The maximum Gasteiger partial charge on any atom is 0.339 e. The van der Waals surface area contributed by atoms with Crippen molar-refractivity contribution in [1.29, 1.82) is 0 Å². The van der Waals surface area contributed by atoms with Crippen LogP contribution in [0.2, 0.25) is 0 Å². The molecule has 4 heteroatoms. The molecule has 104 valence electrons. The van der Waals surface area contributed by atoms with Gasteiger partial charge in [0.2, 0.25) is 0 Å². The van der Waals surface area contributed by atoms with Crippen molar-refractivity contribution >= 4 is 11.8 Å². The van der Waals surface area contributed by atoms with Crippen molar-refractivity contribution in [3.63, 3.8) is 0 Å². The van der Waals surface area contributed by atoms with Gasteiger partial charge in [0, 0.05) is 12.2 Å². The monoisotopic (exact) mass is 262 g/mol. The summed E-state index contributed by atoms with van der Waals surface area (Å²) >= 11 is 0. The molecule has 3 unspecified atom stereocenters. The van der Waals surface area contributed by atoms with Crippen molar-refractivity contribution in [2.75, 3.05) is 5.32 Å². The topological polar surface area (TPSA) is 62.2 Å². The van der Waals surface area contributed by atoms with Gasteiger partial charge < -0.3 is 10.4 Å². The first kappa shape index (κ1) is 13.8. The molecule has 0 spiro atoms. The normalized spacial score (nSPS) is 27.0. The highest BCUT2D eigenvalue weighted by Gasteiger charge is 2.26. The molecule has 1 saturated carbocycles. The summed E-state index contributed by atoms with van der Waals surface area (Å²) in [5.41, 5.74) is 1.05. The SMILES string of the molecule is Cc1ccnc(NC2CCC(C)C(C)C2)c1C(=O)O. The number of nitrogens with one attached hydrogen (secondary N) is 1. The lowest BCUT2D eigenvalue weighted by atomic mass is 9.79. The molecule has 2 rings (SSSR count). The number of pyridine rings is 1. The van der Waals surface area contributed by atoms with Gasteiger partial charge in [0.05, 0.1) is 0 Å². The standard InChI is InChI=1S/C15H22N2O2/c1-9-4-5-12(8-11(9)3)17-14-13(15(18)19)10(2)6-7-16-14/h6-7,9,11-12H,4-5,8H2,1-3H3,(H,16,17)(H,18,19). The van der Waals surface area contributed by atoms with Crippen molar-refractivity contribution in [3.8, 4) is 0 Å². The maximum atomic E-state index is 11.3. The minimum absolute atomic E-state index is 0.300. The molecule has 1 fully saturated rings. The smallest absolute Gasteiger partial charge is 0.339 e. The Bertz CT molecular complexity index is 473. The molecular formula is C15H22N2O2. The van der Waals surface area contributed by atoms with E-state index in [2.05, 4.69) is 24.1 Å². The van der Waals surface area contributed by atoms with Crippen molar-refractivity contribution in [3.05, 3.63) is 23.4 Å². The second-order valence-electron chi connectivity index (χ2n) is 5.77. The van der Waals surface area contributed by atoms with Gasteiger partial charge in [0.25, 0.3) is 0 Å². The van der Waals surface area contributed by atoms with Crippen LogP contribution in [0, 0.1) is 18.8 Å². The van der Waals surface area contributed by atoms with Crippen LogP contribution < -0.4 is 5.32 Å². The predicted molar refractivity (Wildman–Crippen MR) is 75.5 cm³/mol. The third-order valence-corrected chi connectivity index (χ3v) is 4.31. The Labute approximate surface area is 114 Å². The number of rotatable bonds is 3. The Kier molecular flexibility index (Phi) is 4.08. The molecule has 0 aromatic carbocycles. The van der Waals surface area contributed by atoms with Crippen LogP contribution >= 0.6 is 0 Å². The Hall–Kier alpha value is -1.58. The number of nitrogens with zero attached hydrogens (tertiary/aromatic N) is 1. The van der Waals surface area contributed by atoms with E-state index in [9.17, 15) is 9.90 Å². The first-order valence-electron chi connectivity index (χ1n) is 6.94. The molecular weight excluding hydrogens is 240 g/mol. The van der Waals surface area contributed by atoms with Crippen LogP contribution in [0.25, 0.3) is 0 Å². The van der Waals surface area contributed by atoms with E-state index in [0.717, 1.165) is 24.3 Å². The van der Waals surface area contributed by atoms with E-state index in [1.807, 2.05) is 6.92 Å². The van der Waals surface area contributed by atoms with Crippen LogP contribution in [0.3, 0.4) is 0 Å². The summed E-state index contributed by atoms with van der Waals surface area (Å²) in [7, 11) is 0. The molecule has 0 amide bonds. The van der Waals surface area contributed by atoms with E-state index >= 15 is 0 Å². The number of hydrogen-bond acceptors (Lipinski definition) is 3. The molecule has 2 N–H and O–H groups in total. The van der Waals surface area contributed by atoms with Crippen molar-refractivity contribution in [2.24, 2.45) is 11.8 Å². The summed E-state index contributed by atoms with van der Waals surface area (Å²) < 4.78 is 0. The van der Waals surface area contributed by atoms with E-state index in [1.165, 1.54) is 6.42 Å². The lowest BCUT2D eigenvalue weighted by molar-refractivity contribution is 0.0696. The summed E-state index contributed by atoms with van der Waals surface area (Å²) in [6, 6.07) is 2.07. The fourth-order valence-corrected chi connectivity index (χ4v) is 2.81. The number of aromatic nitrogens is 1. The fourth-order valence-electron chi connectivity index (χ4n) is 2.81. The molecule has 1 aromatic rings. The first-order chi connectivity index (χ1) is 8.99. The number of carbonyl (C=O) groups is 1. The highest BCUT2D eigenvalue weighted by molar-refractivity contribution is 5.94. The molecule has 3 atom stereocenters. The molecule has 4 nitrogen and oxygen atoms in total. The van der Waals surface area contributed by atoms with Gasteiger partial charge in [0.15, 0.2) is 0 Å². The molecule has 0 radical (unpaired) electrons. The summed E-state index contributed by atoms with van der Waals surface area (Å²) in [6.07, 6.45) is 5.02. The Morgan fingerprint density at radius 2 is 2.11 bits per heavy atom. The van der Waals surface area contributed by atoms with E-state index in [0.29, 0.717) is 23.3 Å². The first-order valence-corrected chi connectivity index (χ1v) is 6.94. The van der Waals surface area contributed by atoms with Gasteiger partial charge in [-0.3, -0.25) is 0 Å². The van der Waals surface area contributed by atoms with Crippen molar-refractivity contribution in [1.82, 2.24) is 4.98 Å². The molecule has 1 aliphatic carbocycles. The summed E-state index contributed by atoms with van der Waals surface area (Å²) in [6.45, 7) is 6.36. The second-order valence-corrected chi connectivity index (χ2v) is 5.77. The van der Waals surface area contributed by atoms with Gasteiger partial charge in [-0.2, -0.15) is 0 Å². The fraction of sp³-hybridized carbons (Fsp3) is 0.600. The largest absolute Gasteiger partial charge is 0.478 e. The van der Waals surface area contributed by atoms with Crippen LogP contribution in [0.1, 0.15) is 49.0 Å². The third kappa shape index (κ3) is 3.06. The summed E-state index contributed by atoms with van der Waals surface area (Å²) in [4.78, 5) is 15.5. The Morgan fingerprint density at radius 1 is 1.37 bits per heavy atom. The van der Waals surface area contributed by atoms with E-state index in [1.54, 1.807) is 12.3 Å². The zero-order valence-electron chi connectivity index (χ0n) is 11.8. The van der Waals surface area contributed by atoms with Crippen LogP contribution in [-0.4, -0.2) is 22.1 Å². The Balaban J connectivity index is 2.15. The minimum atomic E-state index is -0.912. The third-order valence-electron chi connectivity index (χ3n) is 4.31. The highest BCUT2D eigenvalue weighted by atomic mass is 16.4. The Morgan fingerprint density at radius 3 is 2.74 bits per heavy atom. The molecule has 0 aliphatic heterocycles. The van der Waals surface area contributed by atoms with E-state index in [4.69, 9.17) is 0 Å². The quantitative estimate of drug-likeness (QED) is 0.877. The second kappa shape index (κ2) is 5.59. The molecule has 1 heterocycles. The predicted octanol–water partition coefficient (Wildman–Crippen LogP) is 3.32. The van der Waals surface area contributed by atoms with Gasteiger partial charge >= 0.3 is 5.97 Å². The average Bonchev–Trinajstić information content (AvgIpc) is 2.33. The molecule has 1 aliphatic rings. The van der Waals surface area contributed by atoms with Crippen LogP contribution in [0.5, 0.6) is 0 Å². The minimum Gasteiger partial charge on any atom is -0.478 e. The van der Waals surface area contributed by atoms with Crippen molar-refractivity contribution in [2.45, 2.75) is 46.1 Å². The van der Waals surface area contributed by atoms with Crippen LogP contribution in [0.4, 0.5) is 5.82 Å². The molecule has 19 heavy (non-hydrogen) atoms. The molecule has 1 aromatic heterocycles. The van der Waals surface area contributed by atoms with Gasteiger partial charge in [-0.25, -0.2) is 9.78 Å². The number of aromatic carboxylic acids is 1.